The van der Waals surface area contributed by atoms with Gasteiger partial charge in [0.05, 0.1) is 12.3 Å². The lowest BCUT2D eigenvalue weighted by Gasteiger charge is -2.31. The number of primary sulfonamides is 1. The molecule has 6 nitrogen and oxygen atoms in total. The van der Waals surface area contributed by atoms with E-state index in [1.54, 1.807) is 0 Å². The molecule has 124 valence electrons. The number of halogens is 1. The number of guanidine groups is 1. The van der Waals surface area contributed by atoms with E-state index >= 15 is 0 Å². The lowest BCUT2D eigenvalue weighted by Crippen LogP contribution is -2.44. The van der Waals surface area contributed by atoms with Crippen LogP contribution in [0.5, 0.6) is 0 Å². The van der Waals surface area contributed by atoms with Crippen molar-refractivity contribution in [1.82, 2.24) is 10.2 Å². The fourth-order valence-electron chi connectivity index (χ4n) is 2.38. The van der Waals surface area contributed by atoms with Crippen LogP contribution in [0.1, 0.15) is 18.1 Å². The van der Waals surface area contributed by atoms with E-state index in [1.165, 1.54) is 11.1 Å². The lowest BCUT2D eigenvalue weighted by atomic mass is 10.0. The van der Waals surface area contributed by atoms with Gasteiger partial charge in [0, 0.05) is 19.6 Å². The Kier molecular flexibility index (Phi) is 7.57. The molecular formula is C14H23IN4O2S. The summed E-state index contributed by atoms with van der Waals surface area (Å²) in [5.41, 5.74) is 2.66. The number of aliphatic imine (C=N–C) groups is 1. The van der Waals surface area contributed by atoms with E-state index in [4.69, 9.17) is 5.14 Å². The highest BCUT2D eigenvalue weighted by atomic mass is 127. The molecule has 0 unspecified atom stereocenters. The molecule has 1 aromatic rings. The minimum absolute atomic E-state index is 0. The molecule has 0 bridgehead atoms. The Morgan fingerprint density at radius 1 is 1.36 bits per heavy atom. The summed E-state index contributed by atoms with van der Waals surface area (Å²) in [6.45, 7) is 4.58. The number of hydrogen-bond donors (Lipinski definition) is 2. The van der Waals surface area contributed by atoms with Crippen molar-refractivity contribution in [3.63, 3.8) is 0 Å². The molecular weight excluding hydrogens is 415 g/mol. The Morgan fingerprint density at radius 2 is 2.05 bits per heavy atom. The van der Waals surface area contributed by atoms with Gasteiger partial charge in [0.15, 0.2) is 5.96 Å². The first kappa shape index (κ1) is 19.2. The Labute approximate surface area is 149 Å². The van der Waals surface area contributed by atoms with Gasteiger partial charge in [0.25, 0.3) is 0 Å². The second-order valence-electron chi connectivity index (χ2n) is 5.04. The van der Waals surface area contributed by atoms with Gasteiger partial charge in [0.2, 0.25) is 10.0 Å². The van der Waals surface area contributed by atoms with Crippen molar-refractivity contribution in [1.29, 1.82) is 0 Å². The van der Waals surface area contributed by atoms with E-state index in [0.717, 1.165) is 32.0 Å². The van der Waals surface area contributed by atoms with Crippen molar-refractivity contribution >= 4 is 40.0 Å². The van der Waals surface area contributed by atoms with Crippen molar-refractivity contribution in [3.05, 3.63) is 35.4 Å². The Hall–Kier alpha value is -0.870. The van der Waals surface area contributed by atoms with Crippen molar-refractivity contribution in [2.75, 3.05) is 25.4 Å². The molecule has 1 heterocycles. The maximum Gasteiger partial charge on any atom is 0.210 e. The third kappa shape index (κ3) is 5.73. The summed E-state index contributed by atoms with van der Waals surface area (Å²) in [5.74, 6) is 0.613. The number of benzene rings is 1. The molecule has 0 aromatic heterocycles. The fraction of sp³-hybridized carbons (Fsp3) is 0.500. The average Bonchev–Trinajstić information content (AvgIpc) is 2.44. The van der Waals surface area contributed by atoms with Gasteiger partial charge in [-0.1, -0.05) is 24.3 Å². The van der Waals surface area contributed by atoms with Gasteiger partial charge >= 0.3 is 0 Å². The third-order valence-corrected chi connectivity index (χ3v) is 4.15. The van der Waals surface area contributed by atoms with Crippen LogP contribution in [0, 0.1) is 0 Å². The lowest BCUT2D eigenvalue weighted by molar-refractivity contribution is 0.379. The van der Waals surface area contributed by atoms with Crippen molar-refractivity contribution < 1.29 is 8.42 Å². The molecule has 3 N–H and O–H groups in total. The summed E-state index contributed by atoms with van der Waals surface area (Å²) in [4.78, 5) is 6.52. The van der Waals surface area contributed by atoms with Crippen molar-refractivity contribution in [3.8, 4) is 0 Å². The number of nitrogens with zero attached hydrogens (tertiary/aromatic N) is 2. The maximum absolute atomic E-state index is 11.0. The third-order valence-electron chi connectivity index (χ3n) is 3.40. The number of rotatable bonds is 4. The molecule has 8 heteroatoms. The van der Waals surface area contributed by atoms with Crippen LogP contribution in [0.4, 0.5) is 0 Å². The molecule has 2 rings (SSSR count). The monoisotopic (exact) mass is 438 g/mol. The van der Waals surface area contributed by atoms with E-state index in [1.807, 2.05) is 13.0 Å². The molecule has 0 atom stereocenters. The molecule has 0 fully saturated rings. The first-order valence-corrected chi connectivity index (χ1v) is 8.81. The van der Waals surface area contributed by atoms with Crippen LogP contribution in [0.15, 0.2) is 29.3 Å². The van der Waals surface area contributed by atoms with Crippen LogP contribution in [-0.2, 0) is 23.0 Å². The van der Waals surface area contributed by atoms with Crippen molar-refractivity contribution in [2.45, 2.75) is 19.9 Å². The molecule has 0 radical (unpaired) electrons. The summed E-state index contributed by atoms with van der Waals surface area (Å²) in [6, 6.07) is 8.36. The number of sulfonamides is 1. The molecule has 0 spiro atoms. The van der Waals surface area contributed by atoms with E-state index in [9.17, 15) is 8.42 Å². The highest BCUT2D eigenvalue weighted by Crippen LogP contribution is 2.18. The summed E-state index contributed by atoms with van der Waals surface area (Å²) in [7, 11) is -3.47. The zero-order chi connectivity index (χ0) is 15.3. The predicted molar refractivity (Wildman–Crippen MR) is 99.9 cm³/mol. The van der Waals surface area contributed by atoms with E-state index in [2.05, 4.69) is 33.4 Å². The van der Waals surface area contributed by atoms with Gasteiger partial charge < -0.3 is 10.2 Å². The summed E-state index contributed by atoms with van der Waals surface area (Å²) >= 11 is 0. The van der Waals surface area contributed by atoms with Gasteiger partial charge in [0.1, 0.15) is 0 Å². The normalized spacial score (nSPS) is 15.0. The Morgan fingerprint density at radius 3 is 2.68 bits per heavy atom. The average molecular weight is 438 g/mol. The number of fused-ring (bicyclic) bond motifs is 1. The fourth-order valence-corrected chi connectivity index (χ4v) is 2.73. The standard InChI is InChI=1S/C14H22N4O2S.HI/c1-2-16-14(17-8-10-21(15,19)20)18-9-7-12-5-3-4-6-13(12)11-18;/h3-6H,2,7-11H2,1H3,(H,16,17)(H2,15,19,20);1H. The first-order chi connectivity index (χ1) is 9.99. The molecule has 1 aromatic carbocycles. The zero-order valence-corrected chi connectivity index (χ0v) is 15.8. The topological polar surface area (TPSA) is 87.8 Å². The molecule has 1 aliphatic heterocycles. The van der Waals surface area contributed by atoms with Gasteiger partial charge in [-0.05, 0) is 24.5 Å². The van der Waals surface area contributed by atoms with Gasteiger partial charge in [-0.15, -0.1) is 24.0 Å². The van der Waals surface area contributed by atoms with Crippen molar-refractivity contribution in [2.24, 2.45) is 10.1 Å². The predicted octanol–water partition coefficient (Wildman–Crippen LogP) is 0.917. The highest BCUT2D eigenvalue weighted by Gasteiger charge is 2.18. The minimum atomic E-state index is -3.47. The van der Waals surface area contributed by atoms with E-state index in [-0.39, 0.29) is 36.3 Å². The summed E-state index contributed by atoms with van der Waals surface area (Å²) in [5, 5.41) is 8.22. The zero-order valence-electron chi connectivity index (χ0n) is 12.7. The Bertz CT molecular complexity index is 619. The quantitative estimate of drug-likeness (QED) is 0.416. The molecule has 0 saturated carbocycles. The minimum Gasteiger partial charge on any atom is -0.357 e. The molecule has 0 aliphatic carbocycles. The van der Waals surface area contributed by atoms with Crippen LogP contribution < -0.4 is 10.5 Å². The number of nitrogens with two attached hydrogens (primary N) is 1. The largest absolute Gasteiger partial charge is 0.357 e. The van der Waals surface area contributed by atoms with Crippen LogP contribution in [0.25, 0.3) is 0 Å². The molecule has 1 aliphatic rings. The molecule has 22 heavy (non-hydrogen) atoms. The van der Waals surface area contributed by atoms with E-state index < -0.39 is 10.0 Å². The highest BCUT2D eigenvalue weighted by molar-refractivity contribution is 14.0. The first-order valence-electron chi connectivity index (χ1n) is 7.10. The Balaban J connectivity index is 0.00000242. The second-order valence-corrected chi connectivity index (χ2v) is 6.78. The molecule has 0 saturated heterocycles. The summed E-state index contributed by atoms with van der Waals surface area (Å²) < 4.78 is 22.0. The van der Waals surface area contributed by atoms with Crippen LogP contribution in [-0.4, -0.2) is 44.7 Å². The number of hydrogen-bond acceptors (Lipinski definition) is 3. The van der Waals surface area contributed by atoms with Gasteiger partial charge in [-0.3, -0.25) is 4.99 Å². The van der Waals surface area contributed by atoms with Crippen LogP contribution >= 0.6 is 24.0 Å². The van der Waals surface area contributed by atoms with Gasteiger partial charge in [-0.25, -0.2) is 13.6 Å². The molecule has 0 amide bonds. The van der Waals surface area contributed by atoms with Gasteiger partial charge in [-0.2, -0.15) is 0 Å². The number of nitrogens with one attached hydrogen (secondary N) is 1. The smallest absolute Gasteiger partial charge is 0.210 e. The maximum atomic E-state index is 11.0. The SMILES string of the molecule is CCNC(=NCCS(N)(=O)=O)N1CCc2ccccc2C1.I. The van der Waals surface area contributed by atoms with Crippen LogP contribution in [0.3, 0.4) is 0 Å². The second kappa shape index (κ2) is 8.68. The van der Waals surface area contributed by atoms with E-state index in [0.29, 0.717) is 0 Å². The summed E-state index contributed by atoms with van der Waals surface area (Å²) in [6.07, 6.45) is 0.968. The van der Waals surface area contributed by atoms with Crippen LogP contribution in [0.2, 0.25) is 0 Å².